The molecule has 0 aromatic carbocycles. The monoisotopic (exact) mass is 290 g/mol. The van der Waals surface area contributed by atoms with E-state index in [0.717, 1.165) is 25.6 Å². The normalized spacial score (nSPS) is 20.2. The first kappa shape index (κ1) is 18.7. The maximum absolute atomic E-state index is 5.74. The molecule has 0 fully saturated rings. The Morgan fingerprint density at radius 1 is 1.32 bits per heavy atom. The zero-order valence-corrected chi connectivity index (χ0v) is 13.6. The number of nitrogens with one attached hydrogen (secondary N) is 1. The molecule has 0 saturated heterocycles. The maximum atomic E-state index is 5.74. The van der Waals surface area contributed by atoms with E-state index < -0.39 is 0 Å². The van der Waals surface area contributed by atoms with E-state index in [0.29, 0.717) is 12.0 Å². The van der Waals surface area contributed by atoms with Gasteiger partial charge in [0.05, 0.1) is 6.61 Å². The molecule has 1 N–H and O–H groups in total. The van der Waals surface area contributed by atoms with Gasteiger partial charge in [-0.3, -0.25) is 4.99 Å². The van der Waals surface area contributed by atoms with Crippen LogP contribution in [0.25, 0.3) is 0 Å². The van der Waals surface area contributed by atoms with Gasteiger partial charge in [0, 0.05) is 25.1 Å². The van der Waals surface area contributed by atoms with Crippen molar-refractivity contribution in [1.82, 2.24) is 5.32 Å². The number of aliphatic imine (C=N–C) groups is 1. The third-order valence-corrected chi connectivity index (χ3v) is 3.58. The van der Waals surface area contributed by atoms with E-state index in [4.69, 9.17) is 4.74 Å². The molecule has 0 bridgehead atoms. The van der Waals surface area contributed by atoms with Gasteiger partial charge < -0.3 is 10.1 Å². The number of amidine groups is 1. The second-order valence-electron chi connectivity index (χ2n) is 5.34. The van der Waals surface area contributed by atoms with Gasteiger partial charge in [0.2, 0.25) is 0 Å². The van der Waals surface area contributed by atoms with E-state index in [9.17, 15) is 0 Å². The Hall–Kier alpha value is -0.280. The fourth-order valence-electron chi connectivity index (χ4n) is 2.24. The minimum Gasteiger partial charge on any atom is -0.381 e. The summed E-state index contributed by atoms with van der Waals surface area (Å²) in [7, 11) is 0. The maximum Gasteiger partial charge on any atom is 0.102 e. The van der Waals surface area contributed by atoms with E-state index in [-0.39, 0.29) is 12.4 Å². The zero-order chi connectivity index (χ0) is 13.2. The molecule has 0 amide bonds. The molecular weight excluding hydrogens is 260 g/mol. The smallest absolute Gasteiger partial charge is 0.102 e. The largest absolute Gasteiger partial charge is 0.381 e. The Morgan fingerprint density at radius 3 is 2.79 bits per heavy atom. The molecule has 3 nitrogen and oxygen atoms in total. The first-order valence-corrected chi connectivity index (χ1v) is 7.66. The Labute approximate surface area is 125 Å². The van der Waals surface area contributed by atoms with Crippen molar-refractivity contribution in [3.05, 3.63) is 0 Å². The lowest BCUT2D eigenvalue weighted by Gasteiger charge is -2.27. The third kappa shape index (κ3) is 7.78. The predicted octanol–water partition coefficient (Wildman–Crippen LogP) is 3.81. The molecule has 2 atom stereocenters. The quantitative estimate of drug-likeness (QED) is 0.655. The highest BCUT2D eigenvalue weighted by molar-refractivity contribution is 5.85. The molecule has 0 aromatic heterocycles. The summed E-state index contributed by atoms with van der Waals surface area (Å²) in [5.41, 5.74) is 0. The van der Waals surface area contributed by atoms with E-state index in [2.05, 4.69) is 31.1 Å². The van der Waals surface area contributed by atoms with Crippen LogP contribution in [0.3, 0.4) is 0 Å². The summed E-state index contributed by atoms with van der Waals surface area (Å²) in [4.78, 5) is 4.58. The van der Waals surface area contributed by atoms with Crippen LogP contribution in [-0.2, 0) is 4.74 Å². The molecule has 1 aliphatic rings. The number of unbranched alkanes of at least 4 members (excludes halogenated alkanes) is 3. The van der Waals surface area contributed by atoms with Crippen LogP contribution in [-0.4, -0.2) is 31.6 Å². The Kier molecular flexibility index (Phi) is 11.4. The molecule has 0 radical (unpaired) electrons. The number of hydrogen-bond acceptors (Lipinski definition) is 3. The molecule has 0 aliphatic carbocycles. The topological polar surface area (TPSA) is 33.6 Å². The van der Waals surface area contributed by atoms with E-state index in [1.165, 1.54) is 38.5 Å². The average Bonchev–Trinajstić information content (AvgIpc) is 2.42. The van der Waals surface area contributed by atoms with Crippen LogP contribution in [0.4, 0.5) is 0 Å². The summed E-state index contributed by atoms with van der Waals surface area (Å²) in [6.45, 7) is 9.34. The highest BCUT2D eigenvalue weighted by Gasteiger charge is 2.18. The highest BCUT2D eigenvalue weighted by atomic mass is 35.5. The van der Waals surface area contributed by atoms with Crippen molar-refractivity contribution in [3.63, 3.8) is 0 Å². The summed E-state index contributed by atoms with van der Waals surface area (Å²) in [5, 5.41) is 3.53. The van der Waals surface area contributed by atoms with Gasteiger partial charge in [0.1, 0.15) is 5.84 Å². The van der Waals surface area contributed by atoms with Crippen LogP contribution in [0.1, 0.15) is 59.3 Å². The number of halogens is 1. The van der Waals surface area contributed by atoms with Crippen molar-refractivity contribution in [1.29, 1.82) is 0 Å². The number of ether oxygens (including phenoxy) is 1. The number of nitrogens with zero attached hydrogens (tertiary/aromatic N) is 1. The van der Waals surface area contributed by atoms with E-state index in [1.807, 2.05) is 0 Å². The Morgan fingerprint density at radius 2 is 2.11 bits per heavy atom. The van der Waals surface area contributed by atoms with Gasteiger partial charge >= 0.3 is 0 Å². The van der Waals surface area contributed by atoms with E-state index in [1.54, 1.807) is 0 Å². The summed E-state index contributed by atoms with van der Waals surface area (Å²) in [6, 6.07) is 0.615. The summed E-state index contributed by atoms with van der Waals surface area (Å²) in [6.07, 6.45) is 7.45. The third-order valence-electron chi connectivity index (χ3n) is 3.58. The SMILES string of the molecule is CCCCCCOCC(C)C1=NCCC(CC)N1.Cl. The number of hydrogen-bond donors (Lipinski definition) is 1. The van der Waals surface area contributed by atoms with Crippen molar-refractivity contribution in [2.45, 2.75) is 65.3 Å². The average molecular weight is 291 g/mol. The van der Waals surface area contributed by atoms with Crippen LogP contribution < -0.4 is 5.32 Å². The standard InChI is InChI=1S/C15H30N2O.ClH/c1-4-6-7-8-11-18-12-13(3)15-16-10-9-14(5-2)17-15;/h13-14H,4-12H2,1-3H3,(H,16,17);1H. The summed E-state index contributed by atoms with van der Waals surface area (Å²) in [5.74, 6) is 1.56. The van der Waals surface area contributed by atoms with Gasteiger partial charge in [0.15, 0.2) is 0 Å². The number of rotatable bonds is 9. The molecule has 4 heteroatoms. The lowest BCUT2D eigenvalue weighted by Crippen LogP contribution is -2.42. The van der Waals surface area contributed by atoms with Gasteiger partial charge in [0.25, 0.3) is 0 Å². The van der Waals surface area contributed by atoms with Gasteiger partial charge in [-0.05, 0) is 19.3 Å². The Balaban J connectivity index is 0.00000324. The summed E-state index contributed by atoms with van der Waals surface area (Å²) < 4.78 is 5.74. The van der Waals surface area contributed by atoms with Crippen molar-refractivity contribution in [3.8, 4) is 0 Å². The molecule has 1 aliphatic heterocycles. The van der Waals surface area contributed by atoms with Crippen LogP contribution in [0.5, 0.6) is 0 Å². The minimum absolute atomic E-state index is 0. The molecule has 1 heterocycles. The fraction of sp³-hybridized carbons (Fsp3) is 0.933. The van der Waals surface area contributed by atoms with Crippen molar-refractivity contribution in [2.75, 3.05) is 19.8 Å². The predicted molar refractivity (Wildman–Crippen MR) is 85.5 cm³/mol. The minimum atomic E-state index is 0. The lowest BCUT2D eigenvalue weighted by atomic mass is 10.1. The van der Waals surface area contributed by atoms with Crippen molar-refractivity contribution in [2.24, 2.45) is 10.9 Å². The van der Waals surface area contributed by atoms with Crippen LogP contribution in [0.15, 0.2) is 4.99 Å². The first-order chi connectivity index (χ1) is 8.77. The van der Waals surface area contributed by atoms with Crippen LogP contribution in [0, 0.1) is 5.92 Å². The molecular formula is C15H31ClN2O. The van der Waals surface area contributed by atoms with Crippen molar-refractivity contribution < 1.29 is 4.74 Å². The van der Waals surface area contributed by atoms with Gasteiger partial charge in [-0.1, -0.05) is 40.0 Å². The molecule has 1 rings (SSSR count). The molecule has 2 unspecified atom stereocenters. The van der Waals surface area contributed by atoms with Gasteiger partial charge in [-0.15, -0.1) is 12.4 Å². The van der Waals surface area contributed by atoms with Crippen molar-refractivity contribution >= 4 is 18.2 Å². The second-order valence-corrected chi connectivity index (χ2v) is 5.34. The molecule has 0 aromatic rings. The van der Waals surface area contributed by atoms with E-state index >= 15 is 0 Å². The summed E-state index contributed by atoms with van der Waals surface area (Å²) >= 11 is 0. The first-order valence-electron chi connectivity index (χ1n) is 7.66. The molecule has 114 valence electrons. The Bertz CT molecular complexity index is 246. The van der Waals surface area contributed by atoms with Gasteiger partial charge in [-0.25, -0.2) is 0 Å². The lowest BCUT2D eigenvalue weighted by molar-refractivity contribution is 0.116. The van der Waals surface area contributed by atoms with Crippen LogP contribution in [0.2, 0.25) is 0 Å². The highest BCUT2D eigenvalue weighted by Crippen LogP contribution is 2.09. The second kappa shape index (κ2) is 11.5. The zero-order valence-electron chi connectivity index (χ0n) is 12.8. The van der Waals surface area contributed by atoms with Crippen LogP contribution >= 0.6 is 12.4 Å². The fourth-order valence-corrected chi connectivity index (χ4v) is 2.24. The molecule has 19 heavy (non-hydrogen) atoms. The van der Waals surface area contributed by atoms with Gasteiger partial charge in [-0.2, -0.15) is 0 Å². The molecule has 0 spiro atoms. The molecule has 0 saturated carbocycles.